The van der Waals surface area contributed by atoms with E-state index in [-0.39, 0.29) is 11.6 Å². The molecule has 0 unspecified atom stereocenters. The van der Waals surface area contributed by atoms with E-state index in [0.717, 1.165) is 4.47 Å². The average Bonchev–Trinajstić information content (AvgIpc) is 2.39. The highest BCUT2D eigenvalue weighted by atomic mass is 79.9. The van der Waals surface area contributed by atoms with Gasteiger partial charge in [-0.15, -0.1) is 10.2 Å². The maximum Gasteiger partial charge on any atom is 0.273 e. The zero-order valence-electron chi connectivity index (χ0n) is 10.4. The third-order valence-electron chi connectivity index (χ3n) is 2.17. The van der Waals surface area contributed by atoms with Crippen LogP contribution >= 0.6 is 15.9 Å². The molecule has 0 aliphatic carbocycles. The summed E-state index contributed by atoms with van der Waals surface area (Å²) in [7, 11) is 3.31. The second-order valence-electron chi connectivity index (χ2n) is 3.90. The maximum atomic E-state index is 11.6. The molecule has 7 heteroatoms. The number of carbonyl (C=O) groups excluding carboxylic acids is 1. The Kier molecular flexibility index (Phi) is 4.06. The molecule has 0 fully saturated rings. The Morgan fingerprint density at radius 1 is 1.26 bits per heavy atom. The molecule has 0 saturated carbocycles. The number of halogens is 1. The lowest BCUT2D eigenvalue weighted by atomic mass is 10.3. The Bertz CT molecular complexity index is 587. The Morgan fingerprint density at radius 2 is 2.05 bits per heavy atom. The van der Waals surface area contributed by atoms with Gasteiger partial charge in [0.15, 0.2) is 5.69 Å². The number of nitrogens with zero attached hydrogens (tertiary/aromatic N) is 4. The van der Waals surface area contributed by atoms with Gasteiger partial charge < -0.3 is 9.64 Å². The Labute approximate surface area is 118 Å². The minimum Gasteiger partial charge on any atom is -0.436 e. The van der Waals surface area contributed by atoms with Crippen LogP contribution in [0.2, 0.25) is 0 Å². The molecule has 0 aromatic carbocycles. The molecule has 0 spiro atoms. The van der Waals surface area contributed by atoms with Crippen molar-refractivity contribution < 1.29 is 9.53 Å². The van der Waals surface area contributed by atoms with Crippen LogP contribution in [-0.2, 0) is 0 Å². The van der Waals surface area contributed by atoms with Crippen molar-refractivity contribution in [2.75, 3.05) is 14.1 Å². The van der Waals surface area contributed by atoms with Gasteiger partial charge in [0.2, 0.25) is 5.88 Å². The van der Waals surface area contributed by atoms with Crippen LogP contribution < -0.4 is 4.74 Å². The first kappa shape index (κ1) is 13.4. The fourth-order valence-electron chi connectivity index (χ4n) is 1.29. The van der Waals surface area contributed by atoms with E-state index in [2.05, 4.69) is 31.1 Å². The largest absolute Gasteiger partial charge is 0.436 e. The van der Waals surface area contributed by atoms with Crippen molar-refractivity contribution in [2.24, 2.45) is 0 Å². The van der Waals surface area contributed by atoms with Gasteiger partial charge in [-0.05, 0) is 28.1 Å². The van der Waals surface area contributed by atoms with E-state index in [0.29, 0.717) is 11.6 Å². The lowest BCUT2D eigenvalue weighted by molar-refractivity contribution is 0.0820. The van der Waals surface area contributed by atoms with Gasteiger partial charge in [0.1, 0.15) is 5.75 Å². The molecule has 0 N–H and O–H groups in total. The first-order chi connectivity index (χ1) is 9.06. The number of hydrogen-bond donors (Lipinski definition) is 0. The number of rotatable bonds is 3. The fourth-order valence-corrected chi connectivity index (χ4v) is 1.63. The maximum absolute atomic E-state index is 11.6. The van der Waals surface area contributed by atoms with Gasteiger partial charge in [0.25, 0.3) is 5.91 Å². The van der Waals surface area contributed by atoms with Gasteiger partial charge in [-0.3, -0.25) is 9.78 Å². The van der Waals surface area contributed by atoms with Crippen LogP contribution in [-0.4, -0.2) is 40.1 Å². The molecule has 2 aromatic rings. The van der Waals surface area contributed by atoms with Gasteiger partial charge in [0.05, 0.1) is 6.20 Å². The summed E-state index contributed by atoms with van der Waals surface area (Å²) in [6, 6.07) is 4.91. The minimum absolute atomic E-state index is 0.205. The first-order valence-corrected chi connectivity index (χ1v) is 6.19. The van der Waals surface area contributed by atoms with Crippen LogP contribution in [0.4, 0.5) is 0 Å². The van der Waals surface area contributed by atoms with Crippen molar-refractivity contribution in [3.05, 3.63) is 40.8 Å². The van der Waals surface area contributed by atoms with Crippen molar-refractivity contribution in [3.8, 4) is 11.6 Å². The number of ether oxygens (including phenoxy) is 1. The zero-order valence-corrected chi connectivity index (χ0v) is 12.0. The molecular weight excluding hydrogens is 312 g/mol. The second-order valence-corrected chi connectivity index (χ2v) is 4.81. The molecule has 0 aliphatic rings. The number of carbonyl (C=O) groups is 1. The Morgan fingerprint density at radius 3 is 2.63 bits per heavy atom. The first-order valence-electron chi connectivity index (χ1n) is 5.40. The number of pyridine rings is 1. The van der Waals surface area contributed by atoms with Crippen LogP contribution in [0.15, 0.2) is 35.1 Å². The molecule has 2 aromatic heterocycles. The molecule has 19 heavy (non-hydrogen) atoms. The molecule has 0 aliphatic heterocycles. The summed E-state index contributed by atoms with van der Waals surface area (Å²) in [4.78, 5) is 17.0. The molecular formula is C12H11BrN4O2. The molecule has 0 bridgehead atoms. The standard InChI is InChI=1S/C12H11BrN4O2/c1-17(2)12(18)10-3-4-11(16-15-10)19-9-5-8(13)6-14-7-9/h3-7H,1-2H3. The SMILES string of the molecule is CN(C)C(=O)c1ccc(Oc2cncc(Br)c2)nn1. The third-order valence-corrected chi connectivity index (χ3v) is 2.60. The molecule has 0 saturated heterocycles. The van der Waals surface area contributed by atoms with Crippen LogP contribution in [0.25, 0.3) is 0 Å². The van der Waals surface area contributed by atoms with E-state index < -0.39 is 0 Å². The fraction of sp³-hybridized carbons (Fsp3) is 0.167. The van der Waals surface area contributed by atoms with Crippen LogP contribution in [0.3, 0.4) is 0 Å². The number of hydrogen-bond acceptors (Lipinski definition) is 5. The van der Waals surface area contributed by atoms with E-state index in [1.165, 1.54) is 4.90 Å². The summed E-state index contributed by atoms with van der Waals surface area (Å²) in [5, 5.41) is 7.66. The van der Waals surface area contributed by atoms with Gasteiger partial charge in [-0.2, -0.15) is 0 Å². The van der Waals surface area contributed by atoms with Gasteiger partial charge in [-0.25, -0.2) is 0 Å². The van der Waals surface area contributed by atoms with Crippen molar-refractivity contribution in [2.45, 2.75) is 0 Å². The van der Waals surface area contributed by atoms with E-state index in [1.54, 1.807) is 44.7 Å². The van der Waals surface area contributed by atoms with Crippen molar-refractivity contribution in [3.63, 3.8) is 0 Å². The smallest absolute Gasteiger partial charge is 0.273 e. The summed E-state index contributed by atoms with van der Waals surface area (Å²) < 4.78 is 6.27. The predicted molar refractivity (Wildman–Crippen MR) is 72.1 cm³/mol. The normalized spacial score (nSPS) is 10.1. The molecule has 6 nitrogen and oxygen atoms in total. The van der Waals surface area contributed by atoms with E-state index >= 15 is 0 Å². The predicted octanol–water partition coefficient (Wildman–Crippen LogP) is 2.13. The summed E-state index contributed by atoms with van der Waals surface area (Å²) in [5.74, 6) is 0.633. The number of amides is 1. The third kappa shape index (κ3) is 3.47. The van der Waals surface area contributed by atoms with E-state index in [1.807, 2.05) is 0 Å². The van der Waals surface area contributed by atoms with Crippen molar-refractivity contribution >= 4 is 21.8 Å². The van der Waals surface area contributed by atoms with E-state index in [9.17, 15) is 4.79 Å². The van der Waals surface area contributed by atoms with E-state index in [4.69, 9.17) is 4.74 Å². The summed E-state index contributed by atoms with van der Waals surface area (Å²) >= 11 is 3.29. The highest BCUT2D eigenvalue weighted by Gasteiger charge is 2.10. The monoisotopic (exact) mass is 322 g/mol. The van der Waals surface area contributed by atoms with Crippen molar-refractivity contribution in [1.82, 2.24) is 20.1 Å². The quantitative estimate of drug-likeness (QED) is 0.865. The molecule has 0 atom stereocenters. The minimum atomic E-state index is -0.205. The Hall–Kier alpha value is -2.02. The summed E-state index contributed by atoms with van der Waals surface area (Å²) in [5.41, 5.74) is 0.268. The van der Waals surface area contributed by atoms with Gasteiger partial charge >= 0.3 is 0 Å². The molecule has 2 heterocycles. The Balaban J connectivity index is 2.13. The van der Waals surface area contributed by atoms with Crippen LogP contribution in [0.5, 0.6) is 11.6 Å². The van der Waals surface area contributed by atoms with Gasteiger partial charge in [0, 0.05) is 30.8 Å². The highest BCUT2D eigenvalue weighted by molar-refractivity contribution is 9.10. The van der Waals surface area contributed by atoms with Crippen LogP contribution in [0.1, 0.15) is 10.5 Å². The number of aromatic nitrogens is 3. The van der Waals surface area contributed by atoms with Gasteiger partial charge in [-0.1, -0.05) is 0 Å². The lowest BCUT2D eigenvalue weighted by Gasteiger charge is -2.09. The molecule has 0 radical (unpaired) electrons. The second kappa shape index (κ2) is 5.75. The summed E-state index contributed by atoms with van der Waals surface area (Å²) in [6.07, 6.45) is 3.21. The topological polar surface area (TPSA) is 68.2 Å². The average molecular weight is 323 g/mol. The van der Waals surface area contributed by atoms with Crippen LogP contribution in [0, 0.1) is 0 Å². The molecule has 1 amide bonds. The van der Waals surface area contributed by atoms with Crippen molar-refractivity contribution in [1.29, 1.82) is 0 Å². The highest BCUT2D eigenvalue weighted by Crippen LogP contribution is 2.21. The zero-order chi connectivity index (χ0) is 13.8. The lowest BCUT2D eigenvalue weighted by Crippen LogP contribution is -2.23. The molecule has 98 valence electrons. The summed E-state index contributed by atoms with van der Waals surface area (Å²) in [6.45, 7) is 0. The molecule has 2 rings (SSSR count).